The van der Waals surface area contributed by atoms with Gasteiger partial charge in [-0.15, -0.1) is 23.7 Å². The molecule has 0 bridgehead atoms. The van der Waals surface area contributed by atoms with Crippen LogP contribution < -0.4 is 11.1 Å². The van der Waals surface area contributed by atoms with E-state index in [-0.39, 0.29) is 23.7 Å². The van der Waals surface area contributed by atoms with E-state index in [1.807, 2.05) is 26.8 Å². The highest BCUT2D eigenvalue weighted by atomic mass is 35.5. The van der Waals surface area contributed by atoms with Gasteiger partial charge in [-0.3, -0.25) is 4.79 Å². The lowest BCUT2D eigenvalue weighted by Gasteiger charge is -2.25. The van der Waals surface area contributed by atoms with E-state index >= 15 is 0 Å². The number of piperidine rings is 1. The van der Waals surface area contributed by atoms with Crippen molar-refractivity contribution in [2.75, 3.05) is 19.6 Å². The van der Waals surface area contributed by atoms with Crippen LogP contribution in [0.3, 0.4) is 0 Å². The molecule has 1 atom stereocenters. The fraction of sp³-hybridized carbons (Fsp3) is 0.706. The van der Waals surface area contributed by atoms with Gasteiger partial charge in [-0.2, -0.15) is 4.31 Å². The van der Waals surface area contributed by atoms with Gasteiger partial charge >= 0.3 is 0 Å². The van der Waals surface area contributed by atoms with Crippen LogP contribution in [-0.4, -0.2) is 44.3 Å². The quantitative estimate of drug-likeness (QED) is 0.734. The molecule has 150 valence electrons. The molecule has 1 fully saturated rings. The zero-order valence-electron chi connectivity index (χ0n) is 15.7. The van der Waals surface area contributed by atoms with Gasteiger partial charge in [0.2, 0.25) is 5.91 Å². The molecule has 2 rings (SSSR count). The van der Waals surface area contributed by atoms with Crippen LogP contribution in [0, 0.1) is 5.41 Å². The summed E-state index contributed by atoms with van der Waals surface area (Å²) < 4.78 is 27.2. The number of nitrogens with two attached hydrogens (primary N) is 1. The molecule has 1 amide bonds. The highest BCUT2D eigenvalue weighted by Gasteiger charge is 2.28. The Labute approximate surface area is 167 Å². The molecule has 3 N–H and O–H groups in total. The predicted octanol–water partition coefficient (Wildman–Crippen LogP) is 2.38. The Morgan fingerprint density at radius 2 is 1.88 bits per heavy atom. The van der Waals surface area contributed by atoms with E-state index in [1.165, 1.54) is 11.3 Å². The minimum absolute atomic E-state index is 0. The summed E-state index contributed by atoms with van der Waals surface area (Å²) >= 11 is 1.29. The lowest BCUT2D eigenvalue weighted by atomic mass is 9.87. The molecule has 9 heteroatoms. The Morgan fingerprint density at radius 3 is 2.46 bits per heavy atom. The second kappa shape index (κ2) is 9.50. The van der Waals surface area contributed by atoms with Crippen molar-refractivity contribution in [2.24, 2.45) is 11.1 Å². The molecular formula is C17H30ClN3O3S2. The number of halogens is 1. The number of sulfonamides is 1. The zero-order chi connectivity index (χ0) is 18.7. The van der Waals surface area contributed by atoms with Crippen LogP contribution in [-0.2, 0) is 21.2 Å². The minimum atomic E-state index is -3.37. The predicted molar refractivity (Wildman–Crippen MR) is 108 cm³/mol. The number of nitrogens with one attached hydrogen (secondary N) is 1. The second-order valence-electron chi connectivity index (χ2n) is 7.57. The summed E-state index contributed by atoms with van der Waals surface area (Å²) in [5.74, 6) is -0.176. The van der Waals surface area contributed by atoms with Gasteiger partial charge in [0.15, 0.2) is 0 Å². The molecule has 0 radical (unpaired) electrons. The molecule has 1 saturated heterocycles. The minimum Gasteiger partial charge on any atom is -0.354 e. The van der Waals surface area contributed by atoms with Crippen LogP contribution in [0.15, 0.2) is 16.3 Å². The first-order chi connectivity index (χ1) is 11.6. The first-order valence-corrected chi connectivity index (χ1v) is 11.0. The van der Waals surface area contributed by atoms with Crippen molar-refractivity contribution in [3.8, 4) is 0 Å². The Kier molecular flexibility index (Phi) is 8.54. The van der Waals surface area contributed by atoms with Gasteiger partial charge in [-0.25, -0.2) is 8.42 Å². The summed E-state index contributed by atoms with van der Waals surface area (Å²) in [6, 6.07) is 2.94. The largest absolute Gasteiger partial charge is 0.354 e. The van der Waals surface area contributed by atoms with Gasteiger partial charge in [0.1, 0.15) is 4.21 Å². The van der Waals surface area contributed by atoms with E-state index in [4.69, 9.17) is 5.73 Å². The van der Waals surface area contributed by atoms with E-state index in [9.17, 15) is 13.2 Å². The third-order valence-electron chi connectivity index (χ3n) is 4.43. The first kappa shape index (κ1) is 23.4. The zero-order valence-corrected chi connectivity index (χ0v) is 18.1. The third-order valence-corrected chi connectivity index (χ3v) is 7.94. The van der Waals surface area contributed by atoms with Gasteiger partial charge in [-0.05, 0) is 36.8 Å². The average Bonchev–Trinajstić information content (AvgIpc) is 3.03. The average molecular weight is 424 g/mol. The smallest absolute Gasteiger partial charge is 0.252 e. The van der Waals surface area contributed by atoms with Crippen molar-refractivity contribution >= 4 is 39.7 Å². The van der Waals surface area contributed by atoms with Crippen LogP contribution in [0.4, 0.5) is 0 Å². The number of carbonyl (C=O) groups excluding carboxylic acids is 1. The molecule has 1 aromatic heterocycles. The van der Waals surface area contributed by atoms with Gasteiger partial charge in [0.05, 0.1) is 6.04 Å². The molecule has 0 saturated carbocycles. The van der Waals surface area contributed by atoms with Crippen molar-refractivity contribution in [2.45, 2.75) is 56.7 Å². The Bertz CT molecular complexity index is 692. The van der Waals surface area contributed by atoms with Crippen molar-refractivity contribution in [1.82, 2.24) is 9.62 Å². The van der Waals surface area contributed by atoms with Crippen molar-refractivity contribution in [3.63, 3.8) is 0 Å². The SMILES string of the molecule is CC(C)(C)[C@H](N)C(=O)NCCc1ccc(S(=O)(=O)N2CCCCC2)s1.Cl. The molecule has 2 heterocycles. The lowest BCUT2D eigenvalue weighted by molar-refractivity contribution is -0.124. The number of carbonyl (C=O) groups is 1. The molecule has 0 aromatic carbocycles. The highest BCUT2D eigenvalue weighted by molar-refractivity contribution is 7.91. The summed E-state index contributed by atoms with van der Waals surface area (Å²) in [4.78, 5) is 13.0. The van der Waals surface area contributed by atoms with Crippen molar-refractivity contribution in [3.05, 3.63) is 17.0 Å². The van der Waals surface area contributed by atoms with Crippen LogP contribution in [0.2, 0.25) is 0 Å². The lowest BCUT2D eigenvalue weighted by Crippen LogP contribution is -2.48. The monoisotopic (exact) mass is 423 g/mol. The van der Waals surface area contributed by atoms with Crippen LogP contribution in [0.1, 0.15) is 44.9 Å². The first-order valence-electron chi connectivity index (χ1n) is 8.74. The summed E-state index contributed by atoms with van der Waals surface area (Å²) in [7, 11) is -3.37. The number of hydrogen-bond donors (Lipinski definition) is 2. The molecular weight excluding hydrogens is 394 g/mol. The summed E-state index contributed by atoms with van der Waals surface area (Å²) in [6.45, 7) is 7.44. The second-order valence-corrected chi connectivity index (χ2v) is 10.9. The van der Waals surface area contributed by atoms with Crippen molar-refractivity contribution in [1.29, 1.82) is 0 Å². The normalized spacial score (nSPS) is 17.4. The number of rotatable bonds is 6. The Morgan fingerprint density at radius 1 is 1.27 bits per heavy atom. The summed E-state index contributed by atoms with van der Waals surface area (Å²) in [6.07, 6.45) is 3.55. The van der Waals surface area contributed by atoms with E-state index in [0.717, 1.165) is 24.1 Å². The number of nitrogens with zero attached hydrogens (tertiary/aromatic N) is 1. The Balaban J connectivity index is 0.00000338. The number of amides is 1. The molecule has 26 heavy (non-hydrogen) atoms. The maximum Gasteiger partial charge on any atom is 0.252 e. The summed E-state index contributed by atoms with van der Waals surface area (Å²) in [5, 5.41) is 2.83. The van der Waals surface area contributed by atoms with Gasteiger partial charge < -0.3 is 11.1 Å². The highest BCUT2D eigenvalue weighted by Crippen LogP contribution is 2.27. The molecule has 1 aromatic rings. The standard InChI is InChI=1S/C17H29N3O3S2.ClH/c1-17(2,3)15(18)16(21)19-10-9-13-7-8-14(24-13)25(22,23)20-11-5-4-6-12-20;/h7-8,15H,4-6,9-12,18H2,1-3H3,(H,19,21);1H/t15-;/m1./s1. The molecule has 6 nitrogen and oxygen atoms in total. The molecule has 0 spiro atoms. The van der Waals surface area contributed by atoms with Gasteiger partial charge in [0.25, 0.3) is 10.0 Å². The topological polar surface area (TPSA) is 92.5 Å². The Hall–Kier alpha value is -0.670. The van der Waals surface area contributed by atoms with Crippen LogP contribution in [0.25, 0.3) is 0 Å². The van der Waals surface area contributed by atoms with E-state index in [0.29, 0.717) is 30.3 Å². The third kappa shape index (κ3) is 5.92. The molecule has 0 aliphatic carbocycles. The van der Waals surface area contributed by atoms with E-state index in [2.05, 4.69) is 5.32 Å². The molecule has 1 aliphatic heterocycles. The number of thiophene rings is 1. The summed E-state index contributed by atoms with van der Waals surface area (Å²) in [5.41, 5.74) is 5.63. The van der Waals surface area contributed by atoms with Gasteiger partial charge in [0, 0.05) is 24.5 Å². The molecule has 1 aliphatic rings. The fourth-order valence-electron chi connectivity index (χ4n) is 2.68. The van der Waals surface area contributed by atoms with Gasteiger partial charge in [-0.1, -0.05) is 27.2 Å². The van der Waals surface area contributed by atoms with Crippen molar-refractivity contribution < 1.29 is 13.2 Å². The number of hydrogen-bond acceptors (Lipinski definition) is 5. The van der Waals surface area contributed by atoms with Crippen LogP contribution in [0.5, 0.6) is 0 Å². The van der Waals surface area contributed by atoms with E-state index < -0.39 is 16.1 Å². The maximum atomic E-state index is 12.6. The van der Waals surface area contributed by atoms with E-state index in [1.54, 1.807) is 10.4 Å². The maximum absolute atomic E-state index is 12.6. The van der Waals surface area contributed by atoms with Crippen LogP contribution >= 0.6 is 23.7 Å². The fourth-order valence-corrected chi connectivity index (χ4v) is 5.70. The molecule has 0 unspecified atom stereocenters.